The molecular formula is C31H33NO6S2. The summed E-state index contributed by atoms with van der Waals surface area (Å²) < 4.78 is 59.1. The molecule has 210 valence electrons. The van der Waals surface area contributed by atoms with Gasteiger partial charge in [-0.2, -0.15) is 8.42 Å². The largest absolute Gasteiger partial charge is 0.352 e. The standard InChI is InChI=1S/C31H33NO6S2/c1-7-32-31(33)26-12-11-25(15-19(26)3)24-9-8-22(18(2)14-24)16-23-10-13-27-29(40(36,37)38)17-28(39(6,34)35)21(5)30(27)20(23)4/h8-15,17H,7,16H2,1-6H3,(H,32,33)(H,36,37,38). The van der Waals surface area contributed by atoms with Crippen molar-refractivity contribution in [1.82, 2.24) is 5.32 Å². The number of carbonyl (C=O) groups is 1. The van der Waals surface area contributed by atoms with Crippen molar-refractivity contribution in [2.75, 3.05) is 12.8 Å². The van der Waals surface area contributed by atoms with Crippen molar-refractivity contribution in [3.63, 3.8) is 0 Å². The lowest BCUT2D eigenvalue weighted by Gasteiger charge is -2.17. The second kappa shape index (κ2) is 10.8. The molecule has 4 rings (SSSR count). The van der Waals surface area contributed by atoms with Crippen LogP contribution in [0.15, 0.2) is 64.4 Å². The first kappa shape index (κ1) is 29.5. The highest BCUT2D eigenvalue weighted by Crippen LogP contribution is 2.36. The summed E-state index contributed by atoms with van der Waals surface area (Å²) in [5.74, 6) is -0.0913. The van der Waals surface area contributed by atoms with Crippen molar-refractivity contribution in [1.29, 1.82) is 0 Å². The van der Waals surface area contributed by atoms with Crippen LogP contribution in [0, 0.1) is 27.7 Å². The molecule has 0 bridgehead atoms. The number of nitrogens with one attached hydrogen (secondary N) is 1. The normalized spacial score (nSPS) is 12.1. The minimum absolute atomic E-state index is 0.0913. The van der Waals surface area contributed by atoms with Crippen LogP contribution in [0.4, 0.5) is 0 Å². The van der Waals surface area contributed by atoms with Gasteiger partial charge in [0, 0.05) is 23.8 Å². The van der Waals surface area contributed by atoms with Gasteiger partial charge in [0.1, 0.15) is 4.90 Å². The summed E-state index contributed by atoms with van der Waals surface area (Å²) in [6.45, 7) is 9.89. The second-order valence-electron chi connectivity index (χ2n) is 10.2. The van der Waals surface area contributed by atoms with Gasteiger partial charge in [0.05, 0.1) is 4.90 Å². The molecule has 2 N–H and O–H groups in total. The number of aryl methyl sites for hydroxylation is 4. The van der Waals surface area contributed by atoms with Crippen molar-refractivity contribution < 1.29 is 26.2 Å². The number of rotatable bonds is 7. The quantitative estimate of drug-likeness (QED) is 0.270. The molecule has 0 heterocycles. The van der Waals surface area contributed by atoms with Crippen molar-refractivity contribution >= 4 is 36.6 Å². The van der Waals surface area contributed by atoms with Crippen molar-refractivity contribution in [2.24, 2.45) is 0 Å². The molecular weight excluding hydrogens is 546 g/mol. The van der Waals surface area contributed by atoms with Crippen LogP contribution in [0.2, 0.25) is 0 Å². The number of amides is 1. The molecule has 0 aliphatic carbocycles. The van der Waals surface area contributed by atoms with Gasteiger partial charge in [-0.3, -0.25) is 9.35 Å². The van der Waals surface area contributed by atoms with Crippen molar-refractivity contribution in [3.05, 3.63) is 93.5 Å². The monoisotopic (exact) mass is 579 g/mol. The maximum absolute atomic E-state index is 12.5. The molecule has 0 saturated heterocycles. The maximum atomic E-state index is 12.5. The lowest BCUT2D eigenvalue weighted by atomic mass is 9.90. The topological polar surface area (TPSA) is 118 Å². The molecule has 7 nitrogen and oxygen atoms in total. The molecule has 40 heavy (non-hydrogen) atoms. The fraction of sp³-hybridized carbons (Fsp3) is 0.258. The van der Waals surface area contributed by atoms with Crippen LogP contribution in [0.5, 0.6) is 0 Å². The average Bonchev–Trinajstić information content (AvgIpc) is 2.85. The Morgan fingerprint density at radius 1 is 0.775 bits per heavy atom. The zero-order valence-corrected chi connectivity index (χ0v) is 25.0. The molecule has 0 spiro atoms. The van der Waals surface area contributed by atoms with E-state index in [9.17, 15) is 26.2 Å². The third kappa shape index (κ3) is 5.68. The first-order valence-electron chi connectivity index (χ1n) is 12.9. The Balaban J connectivity index is 1.76. The fourth-order valence-corrected chi connectivity index (χ4v) is 7.07. The van der Waals surface area contributed by atoms with Gasteiger partial charge in [-0.15, -0.1) is 0 Å². The third-order valence-electron chi connectivity index (χ3n) is 7.39. The number of fused-ring (bicyclic) bond motifs is 1. The molecule has 0 fully saturated rings. The maximum Gasteiger partial charge on any atom is 0.295 e. The third-order valence-corrected chi connectivity index (χ3v) is 9.51. The Bertz CT molecular complexity index is 1890. The molecule has 0 unspecified atom stereocenters. The van der Waals surface area contributed by atoms with E-state index in [-0.39, 0.29) is 16.2 Å². The van der Waals surface area contributed by atoms with Gasteiger partial charge in [0.25, 0.3) is 16.0 Å². The minimum Gasteiger partial charge on any atom is -0.352 e. The van der Waals surface area contributed by atoms with E-state index in [2.05, 4.69) is 11.4 Å². The molecule has 4 aromatic carbocycles. The molecule has 0 saturated carbocycles. The summed E-state index contributed by atoms with van der Waals surface area (Å²) in [6, 6.07) is 16.4. The van der Waals surface area contributed by atoms with Crippen LogP contribution in [-0.4, -0.2) is 40.1 Å². The summed E-state index contributed by atoms with van der Waals surface area (Å²) >= 11 is 0. The number of carbonyl (C=O) groups excluding carboxylic acids is 1. The van der Waals surface area contributed by atoms with E-state index < -0.39 is 24.9 Å². The number of hydrogen-bond acceptors (Lipinski definition) is 5. The van der Waals surface area contributed by atoms with Gasteiger partial charge < -0.3 is 5.32 Å². The molecule has 0 aliphatic heterocycles. The van der Waals surface area contributed by atoms with E-state index in [1.165, 1.54) is 0 Å². The number of sulfone groups is 1. The van der Waals surface area contributed by atoms with E-state index in [0.717, 1.165) is 51.3 Å². The zero-order chi connectivity index (χ0) is 29.6. The highest BCUT2D eigenvalue weighted by Gasteiger charge is 2.24. The highest BCUT2D eigenvalue weighted by molar-refractivity contribution is 7.91. The van der Waals surface area contributed by atoms with Crippen LogP contribution >= 0.6 is 0 Å². The summed E-state index contributed by atoms with van der Waals surface area (Å²) in [5, 5.41) is 3.62. The summed E-state index contributed by atoms with van der Waals surface area (Å²) in [6.07, 6.45) is 1.57. The first-order valence-corrected chi connectivity index (χ1v) is 16.2. The van der Waals surface area contributed by atoms with Gasteiger partial charge >= 0.3 is 0 Å². The van der Waals surface area contributed by atoms with Crippen LogP contribution in [0.25, 0.3) is 21.9 Å². The molecule has 1 amide bonds. The number of benzene rings is 4. The van der Waals surface area contributed by atoms with Gasteiger partial charge in [-0.1, -0.05) is 42.5 Å². The van der Waals surface area contributed by atoms with E-state index in [1.54, 1.807) is 13.0 Å². The summed E-state index contributed by atoms with van der Waals surface area (Å²) in [5.41, 5.74) is 7.81. The lowest BCUT2D eigenvalue weighted by molar-refractivity contribution is 0.0955. The lowest BCUT2D eigenvalue weighted by Crippen LogP contribution is -2.23. The Kier molecular flexibility index (Phi) is 7.95. The predicted octanol–water partition coefficient (Wildman–Crippen LogP) is 5.73. The summed E-state index contributed by atoms with van der Waals surface area (Å²) in [7, 11) is -8.40. The smallest absolute Gasteiger partial charge is 0.295 e. The zero-order valence-electron chi connectivity index (χ0n) is 23.4. The molecule has 0 aromatic heterocycles. The second-order valence-corrected chi connectivity index (χ2v) is 13.6. The van der Waals surface area contributed by atoms with Gasteiger partial charge in [0.2, 0.25) is 0 Å². The summed E-state index contributed by atoms with van der Waals surface area (Å²) in [4.78, 5) is 11.7. The fourth-order valence-electron chi connectivity index (χ4n) is 5.29. The average molecular weight is 580 g/mol. The minimum atomic E-state index is -4.66. The number of hydrogen-bond donors (Lipinski definition) is 2. The van der Waals surface area contributed by atoms with E-state index >= 15 is 0 Å². The van der Waals surface area contributed by atoms with Crippen LogP contribution in [-0.2, 0) is 26.4 Å². The first-order chi connectivity index (χ1) is 18.6. The predicted molar refractivity (Wildman–Crippen MR) is 159 cm³/mol. The molecule has 9 heteroatoms. The van der Waals surface area contributed by atoms with Crippen LogP contribution < -0.4 is 5.32 Å². The van der Waals surface area contributed by atoms with Crippen molar-refractivity contribution in [2.45, 2.75) is 50.8 Å². The Morgan fingerprint density at radius 3 is 1.93 bits per heavy atom. The Labute approximate surface area is 235 Å². The Hall–Kier alpha value is -3.53. The molecule has 0 radical (unpaired) electrons. The van der Waals surface area contributed by atoms with Crippen LogP contribution in [0.1, 0.15) is 50.7 Å². The van der Waals surface area contributed by atoms with Gasteiger partial charge in [-0.05, 0) is 103 Å². The van der Waals surface area contributed by atoms with Crippen LogP contribution in [0.3, 0.4) is 0 Å². The SMILES string of the molecule is CCNC(=O)c1ccc(-c2ccc(Cc3ccc4c(S(=O)(=O)O)cc(S(C)(=O)=O)c(C)c4c3C)c(C)c2)cc1C. The van der Waals surface area contributed by atoms with Gasteiger partial charge in [0.15, 0.2) is 9.84 Å². The van der Waals surface area contributed by atoms with E-state index in [0.29, 0.717) is 29.5 Å². The molecule has 4 aromatic rings. The van der Waals surface area contributed by atoms with E-state index in [4.69, 9.17) is 0 Å². The molecule has 0 atom stereocenters. The van der Waals surface area contributed by atoms with E-state index in [1.807, 2.05) is 64.1 Å². The highest BCUT2D eigenvalue weighted by atomic mass is 32.2. The Morgan fingerprint density at radius 2 is 1.38 bits per heavy atom. The molecule has 0 aliphatic rings. The van der Waals surface area contributed by atoms with Gasteiger partial charge in [-0.25, -0.2) is 8.42 Å². The van der Waals surface area contributed by atoms with Crippen molar-refractivity contribution in [3.8, 4) is 11.1 Å².